The zero-order valence-electron chi connectivity index (χ0n) is 5.52. The summed E-state index contributed by atoms with van der Waals surface area (Å²) in [5, 5.41) is 10.2. The van der Waals surface area contributed by atoms with Gasteiger partial charge in [0.1, 0.15) is 11.5 Å². The maximum absolute atomic E-state index is 10.2. The Balaban J connectivity index is 4.00. The molecule has 3 nitrogen and oxygen atoms in total. The lowest BCUT2D eigenvalue weighted by molar-refractivity contribution is -0.480. The normalized spacial score (nSPS) is 16.2. The Kier molecular flexibility index (Phi) is 2.40. The number of aliphatic carboxylic acids is 1. The fourth-order valence-corrected chi connectivity index (χ4v) is 0.402. The van der Waals surface area contributed by atoms with Crippen LogP contribution in [0.25, 0.3) is 0 Å². The average molecular weight is 129 g/mol. The van der Waals surface area contributed by atoms with Crippen molar-refractivity contribution in [1.29, 1.82) is 0 Å². The predicted molar refractivity (Wildman–Crippen MR) is 31.1 cm³/mol. The minimum absolute atomic E-state index is 0.343. The van der Waals surface area contributed by atoms with Crippen LogP contribution in [0.1, 0.15) is 13.3 Å². The monoisotopic (exact) mass is 129 g/mol. The summed E-state index contributed by atoms with van der Waals surface area (Å²) in [5.74, 6) is -1.14. The molecule has 0 spiro atoms. The highest BCUT2D eigenvalue weighted by atomic mass is 16.4. The molecule has 0 aromatic rings. The first-order valence-corrected chi connectivity index (χ1v) is 2.68. The Morgan fingerprint density at radius 3 is 2.56 bits per heavy atom. The topological polar surface area (TPSA) is 67.8 Å². The fourth-order valence-electron chi connectivity index (χ4n) is 0.402. The van der Waals surface area contributed by atoms with Crippen molar-refractivity contribution in [3.8, 4) is 0 Å². The summed E-state index contributed by atoms with van der Waals surface area (Å²) in [5.41, 5.74) is 2.41. The Morgan fingerprint density at radius 1 is 2.00 bits per heavy atom. The molecule has 0 rings (SSSR count). The highest BCUT2D eigenvalue weighted by molar-refractivity contribution is 5.73. The van der Waals surface area contributed by atoms with Crippen molar-refractivity contribution in [1.82, 2.24) is 0 Å². The van der Waals surface area contributed by atoms with Gasteiger partial charge >= 0.3 is 0 Å². The Bertz CT molecular complexity index is 129. The number of carbonyl (C=O) groups is 1. The summed E-state index contributed by atoms with van der Waals surface area (Å²) < 4.78 is 0. The first-order chi connectivity index (χ1) is 4.00. The highest BCUT2D eigenvalue weighted by Gasteiger charge is 2.21. The SMILES string of the molecule is C=CC[C@@](C)([NH3+])C(=O)[O-]. The van der Waals surface area contributed by atoms with Crippen molar-refractivity contribution in [3.05, 3.63) is 12.7 Å². The molecule has 0 fully saturated rings. The molecule has 0 unspecified atom stereocenters. The molecular formula is C6H11NO2. The van der Waals surface area contributed by atoms with E-state index < -0.39 is 11.5 Å². The van der Waals surface area contributed by atoms with Gasteiger partial charge in [-0.2, -0.15) is 0 Å². The van der Waals surface area contributed by atoms with Crippen LogP contribution in [-0.4, -0.2) is 11.5 Å². The summed E-state index contributed by atoms with van der Waals surface area (Å²) in [6.45, 7) is 4.90. The van der Waals surface area contributed by atoms with Crippen LogP contribution in [0.3, 0.4) is 0 Å². The highest BCUT2D eigenvalue weighted by Crippen LogP contribution is 2.00. The van der Waals surface area contributed by atoms with E-state index in [2.05, 4.69) is 12.3 Å². The standard InChI is InChI=1S/C6H11NO2/c1-3-4-6(2,7)5(8)9/h3H,1,4,7H2,2H3,(H,8,9)/t6-/m1/s1. The first kappa shape index (κ1) is 8.17. The van der Waals surface area contributed by atoms with Crippen LogP contribution in [0.5, 0.6) is 0 Å². The maximum atomic E-state index is 10.2. The molecule has 0 aliphatic heterocycles. The van der Waals surface area contributed by atoms with Gasteiger partial charge < -0.3 is 15.6 Å². The second kappa shape index (κ2) is 2.64. The molecule has 3 heteroatoms. The van der Waals surface area contributed by atoms with Crippen molar-refractivity contribution in [2.75, 3.05) is 0 Å². The van der Waals surface area contributed by atoms with Gasteiger partial charge in [-0.3, -0.25) is 0 Å². The minimum atomic E-state index is -1.14. The molecule has 0 aromatic heterocycles. The Morgan fingerprint density at radius 2 is 2.44 bits per heavy atom. The Labute approximate surface area is 54.2 Å². The molecule has 0 radical (unpaired) electrons. The van der Waals surface area contributed by atoms with E-state index in [9.17, 15) is 9.90 Å². The third-order valence-corrected chi connectivity index (χ3v) is 1.09. The van der Waals surface area contributed by atoms with Gasteiger partial charge in [0, 0.05) is 6.42 Å². The van der Waals surface area contributed by atoms with E-state index in [1.165, 1.54) is 13.0 Å². The zero-order chi connectivity index (χ0) is 7.49. The van der Waals surface area contributed by atoms with E-state index in [1.807, 2.05) is 0 Å². The molecule has 1 atom stereocenters. The summed E-state index contributed by atoms with van der Waals surface area (Å²) in [4.78, 5) is 10.2. The lowest BCUT2D eigenvalue weighted by Crippen LogP contribution is -2.77. The molecule has 9 heavy (non-hydrogen) atoms. The van der Waals surface area contributed by atoms with E-state index >= 15 is 0 Å². The van der Waals surface area contributed by atoms with Crippen molar-refractivity contribution in [3.63, 3.8) is 0 Å². The average Bonchev–Trinajstić information content (AvgIpc) is 1.65. The molecule has 0 aliphatic carbocycles. The van der Waals surface area contributed by atoms with Gasteiger partial charge in [-0.15, -0.1) is 6.58 Å². The lowest BCUT2D eigenvalue weighted by atomic mass is 10.0. The van der Waals surface area contributed by atoms with Gasteiger partial charge in [0.2, 0.25) is 0 Å². The molecular weight excluding hydrogens is 118 g/mol. The lowest BCUT2D eigenvalue weighted by Gasteiger charge is -2.19. The smallest absolute Gasteiger partial charge is 0.135 e. The van der Waals surface area contributed by atoms with Crippen LogP contribution in [0.4, 0.5) is 0 Å². The van der Waals surface area contributed by atoms with E-state index in [4.69, 9.17) is 0 Å². The van der Waals surface area contributed by atoms with Crippen molar-refractivity contribution >= 4 is 5.97 Å². The van der Waals surface area contributed by atoms with Crippen LogP contribution in [-0.2, 0) is 4.79 Å². The third-order valence-electron chi connectivity index (χ3n) is 1.09. The van der Waals surface area contributed by atoms with Crippen LogP contribution < -0.4 is 10.8 Å². The summed E-state index contributed by atoms with van der Waals surface area (Å²) in [6.07, 6.45) is 1.86. The van der Waals surface area contributed by atoms with Gasteiger partial charge in [-0.05, 0) is 6.92 Å². The summed E-state index contributed by atoms with van der Waals surface area (Å²) in [6, 6.07) is 0. The van der Waals surface area contributed by atoms with E-state index in [-0.39, 0.29) is 0 Å². The van der Waals surface area contributed by atoms with Gasteiger partial charge in [0.05, 0.1) is 0 Å². The number of quaternary nitrogens is 1. The number of carbonyl (C=O) groups excluding carboxylic acids is 1. The predicted octanol–water partition coefficient (Wildman–Crippen LogP) is -1.69. The minimum Gasteiger partial charge on any atom is -0.544 e. The molecule has 0 heterocycles. The molecule has 52 valence electrons. The number of carboxylic acid groups (broad SMARTS) is 1. The molecule has 0 bridgehead atoms. The first-order valence-electron chi connectivity index (χ1n) is 2.68. The van der Waals surface area contributed by atoms with Crippen LogP contribution in [0, 0.1) is 0 Å². The van der Waals surface area contributed by atoms with Crippen LogP contribution in [0.15, 0.2) is 12.7 Å². The van der Waals surface area contributed by atoms with E-state index in [1.54, 1.807) is 0 Å². The van der Waals surface area contributed by atoms with Crippen LogP contribution in [0.2, 0.25) is 0 Å². The number of rotatable bonds is 3. The third kappa shape index (κ3) is 2.28. The zero-order valence-corrected chi connectivity index (χ0v) is 5.52. The fraction of sp³-hybridized carbons (Fsp3) is 0.500. The molecule has 0 aromatic carbocycles. The largest absolute Gasteiger partial charge is 0.544 e. The summed E-state index contributed by atoms with van der Waals surface area (Å²) in [7, 11) is 0. The number of hydrogen-bond acceptors (Lipinski definition) is 2. The summed E-state index contributed by atoms with van der Waals surface area (Å²) >= 11 is 0. The van der Waals surface area contributed by atoms with Crippen molar-refractivity contribution < 1.29 is 15.6 Å². The maximum Gasteiger partial charge on any atom is 0.135 e. The van der Waals surface area contributed by atoms with Gasteiger partial charge in [-0.25, -0.2) is 0 Å². The van der Waals surface area contributed by atoms with Gasteiger partial charge in [0.15, 0.2) is 0 Å². The Hall–Kier alpha value is -0.830. The van der Waals surface area contributed by atoms with Gasteiger partial charge in [0.25, 0.3) is 0 Å². The second-order valence-corrected chi connectivity index (χ2v) is 2.34. The van der Waals surface area contributed by atoms with E-state index in [0.29, 0.717) is 6.42 Å². The molecule has 0 saturated carbocycles. The molecule has 0 saturated heterocycles. The van der Waals surface area contributed by atoms with E-state index in [0.717, 1.165) is 0 Å². The second-order valence-electron chi connectivity index (χ2n) is 2.34. The molecule has 3 N–H and O–H groups in total. The molecule has 0 amide bonds. The quantitative estimate of drug-likeness (QED) is 0.462. The van der Waals surface area contributed by atoms with Gasteiger partial charge in [-0.1, -0.05) is 6.08 Å². The van der Waals surface area contributed by atoms with Crippen molar-refractivity contribution in [2.45, 2.75) is 18.9 Å². The number of carboxylic acids is 1. The number of hydrogen-bond donors (Lipinski definition) is 1. The van der Waals surface area contributed by atoms with Crippen molar-refractivity contribution in [2.24, 2.45) is 0 Å². The molecule has 0 aliphatic rings. The van der Waals surface area contributed by atoms with Crippen LogP contribution >= 0.6 is 0 Å².